The number of hydrogen-bond acceptors (Lipinski definition) is 2. The number of aryl methyl sites for hydroxylation is 1. The molecule has 1 fully saturated rings. The molecule has 19 heavy (non-hydrogen) atoms. The van der Waals surface area contributed by atoms with Crippen molar-refractivity contribution in [2.24, 2.45) is 5.92 Å². The number of hydrogen-bond donors (Lipinski definition) is 0. The Bertz CT molecular complexity index is 461. The summed E-state index contributed by atoms with van der Waals surface area (Å²) in [5.74, 6) is 0.651. The van der Waals surface area contributed by atoms with Gasteiger partial charge in [-0.2, -0.15) is 0 Å². The highest BCUT2D eigenvalue weighted by Crippen LogP contribution is 2.24. The summed E-state index contributed by atoms with van der Waals surface area (Å²) in [4.78, 5) is 13.8. The van der Waals surface area contributed by atoms with Gasteiger partial charge in [-0.05, 0) is 42.5 Å². The first-order chi connectivity index (χ1) is 9.10. The standard InChI is InChI=1S/C15H20ClNO2/c1-11-7-14(16)4-3-13(11)8-12-9-15(18)17(10-12)5-6-19-2/h3-4,7,12H,5-6,8-10H2,1-2H3/t12-/m0/s1. The second-order valence-electron chi connectivity index (χ2n) is 5.18. The summed E-state index contributed by atoms with van der Waals surface area (Å²) in [7, 11) is 1.66. The van der Waals surface area contributed by atoms with Crippen LogP contribution in [0.3, 0.4) is 0 Å². The number of methoxy groups -OCH3 is 1. The van der Waals surface area contributed by atoms with Crippen molar-refractivity contribution in [2.45, 2.75) is 19.8 Å². The monoisotopic (exact) mass is 281 g/mol. The molecule has 1 aromatic carbocycles. The predicted octanol–water partition coefficient (Wildman–Crippen LogP) is 2.69. The van der Waals surface area contributed by atoms with Crippen LogP contribution in [0.25, 0.3) is 0 Å². The van der Waals surface area contributed by atoms with Crippen molar-refractivity contribution in [3.8, 4) is 0 Å². The smallest absolute Gasteiger partial charge is 0.223 e. The summed E-state index contributed by atoms with van der Waals surface area (Å²) >= 11 is 5.96. The van der Waals surface area contributed by atoms with Gasteiger partial charge < -0.3 is 9.64 Å². The molecule has 0 saturated carbocycles. The van der Waals surface area contributed by atoms with Crippen LogP contribution in [0, 0.1) is 12.8 Å². The minimum Gasteiger partial charge on any atom is -0.383 e. The second kappa shape index (κ2) is 6.40. The second-order valence-corrected chi connectivity index (χ2v) is 5.61. The third-order valence-corrected chi connectivity index (χ3v) is 3.91. The summed E-state index contributed by atoms with van der Waals surface area (Å²) < 4.78 is 5.03. The van der Waals surface area contributed by atoms with Gasteiger partial charge in [-0.25, -0.2) is 0 Å². The number of rotatable bonds is 5. The number of likely N-dealkylation sites (tertiary alicyclic amines) is 1. The van der Waals surface area contributed by atoms with Gasteiger partial charge in [-0.1, -0.05) is 17.7 Å². The molecule has 0 aromatic heterocycles. The van der Waals surface area contributed by atoms with Gasteiger partial charge in [0.1, 0.15) is 0 Å². The molecule has 0 aliphatic carbocycles. The van der Waals surface area contributed by atoms with Crippen LogP contribution in [-0.2, 0) is 16.0 Å². The lowest BCUT2D eigenvalue weighted by Crippen LogP contribution is -2.28. The zero-order valence-electron chi connectivity index (χ0n) is 11.5. The molecule has 4 heteroatoms. The molecular weight excluding hydrogens is 262 g/mol. The number of ether oxygens (including phenoxy) is 1. The van der Waals surface area contributed by atoms with Gasteiger partial charge in [0.15, 0.2) is 0 Å². The largest absolute Gasteiger partial charge is 0.383 e. The molecule has 0 bridgehead atoms. The van der Waals surface area contributed by atoms with Crippen LogP contribution < -0.4 is 0 Å². The highest BCUT2D eigenvalue weighted by Gasteiger charge is 2.29. The Hall–Kier alpha value is -1.06. The van der Waals surface area contributed by atoms with Crippen molar-refractivity contribution in [3.63, 3.8) is 0 Å². The van der Waals surface area contributed by atoms with E-state index in [1.807, 2.05) is 17.0 Å². The van der Waals surface area contributed by atoms with E-state index in [9.17, 15) is 4.79 Å². The predicted molar refractivity (Wildman–Crippen MR) is 76.5 cm³/mol. The van der Waals surface area contributed by atoms with Crippen molar-refractivity contribution >= 4 is 17.5 Å². The van der Waals surface area contributed by atoms with E-state index in [2.05, 4.69) is 13.0 Å². The fourth-order valence-electron chi connectivity index (χ4n) is 2.61. The number of carbonyl (C=O) groups excluding carboxylic acids is 1. The number of benzene rings is 1. The van der Waals surface area contributed by atoms with E-state index in [1.54, 1.807) is 7.11 Å². The number of carbonyl (C=O) groups is 1. The fourth-order valence-corrected chi connectivity index (χ4v) is 2.83. The lowest BCUT2D eigenvalue weighted by Gasteiger charge is -2.16. The van der Waals surface area contributed by atoms with Gasteiger partial charge in [0.25, 0.3) is 0 Å². The Morgan fingerprint density at radius 1 is 1.47 bits per heavy atom. The Labute approximate surface area is 119 Å². The molecule has 104 valence electrons. The van der Waals surface area contributed by atoms with E-state index in [1.165, 1.54) is 11.1 Å². The maximum atomic E-state index is 11.9. The van der Waals surface area contributed by atoms with Crippen molar-refractivity contribution < 1.29 is 9.53 Å². The summed E-state index contributed by atoms with van der Waals surface area (Å²) in [6.07, 6.45) is 1.59. The molecule has 1 saturated heterocycles. The molecule has 0 spiro atoms. The first-order valence-electron chi connectivity index (χ1n) is 6.62. The van der Waals surface area contributed by atoms with Crippen molar-refractivity contribution in [2.75, 3.05) is 26.8 Å². The van der Waals surface area contributed by atoms with Gasteiger partial charge in [0.05, 0.1) is 6.61 Å². The van der Waals surface area contributed by atoms with Gasteiger partial charge in [0.2, 0.25) is 5.91 Å². The van der Waals surface area contributed by atoms with Gasteiger partial charge in [-0.15, -0.1) is 0 Å². The summed E-state index contributed by atoms with van der Waals surface area (Å²) in [6.45, 7) is 4.22. The summed E-state index contributed by atoms with van der Waals surface area (Å²) in [5.41, 5.74) is 2.49. The fraction of sp³-hybridized carbons (Fsp3) is 0.533. The zero-order valence-corrected chi connectivity index (χ0v) is 12.2. The molecule has 1 aromatic rings. The lowest BCUT2D eigenvalue weighted by molar-refractivity contribution is -0.128. The molecule has 0 radical (unpaired) electrons. The van der Waals surface area contributed by atoms with Gasteiger partial charge in [0, 0.05) is 31.6 Å². The first-order valence-corrected chi connectivity index (χ1v) is 6.99. The number of nitrogens with zero attached hydrogens (tertiary/aromatic N) is 1. The van der Waals surface area contributed by atoms with E-state index >= 15 is 0 Å². The Morgan fingerprint density at radius 3 is 2.95 bits per heavy atom. The maximum Gasteiger partial charge on any atom is 0.223 e. The molecule has 1 heterocycles. The zero-order chi connectivity index (χ0) is 13.8. The third-order valence-electron chi connectivity index (χ3n) is 3.67. The highest BCUT2D eigenvalue weighted by molar-refractivity contribution is 6.30. The van der Waals surface area contributed by atoms with Crippen molar-refractivity contribution in [3.05, 3.63) is 34.3 Å². The maximum absolute atomic E-state index is 11.9. The first kappa shape index (κ1) is 14.4. The average Bonchev–Trinajstić information content (AvgIpc) is 2.71. The molecule has 1 aliphatic rings. The minimum absolute atomic E-state index is 0.244. The summed E-state index contributed by atoms with van der Waals surface area (Å²) in [6, 6.07) is 5.97. The Kier molecular flexibility index (Phi) is 4.83. The SMILES string of the molecule is COCCN1C[C@@H](Cc2ccc(Cl)cc2C)CC1=O. The van der Waals surface area contributed by atoms with E-state index < -0.39 is 0 Å². The highest BCUT2D eigenvalue weighted by atomic mass is 35.5. The molecule has 0 unspecified atom stereocenters. The molecule has 1 aliphatic heterocycles. The molecule has 1 amide bonds. The van der Waals surface area contributed by atoms with Crippen LogP contribution in [0.15, 0.2) is 18.2 Å². The molecular formula is C15H20ClNO2. The van der Waals surface area contributed by atoms with Crippen LogP contribution in [-0.4, -0.2) is 37.6 Å². The lowest BCUT2D eigenvalue weighted by atomic mass is 9.95. The quantitative estimate of drug-likeness (QED) is 0.830. The third kappa shape index (κ3) is 3.71. The van der Waals surface area contributed by atoms with Crippen LogP contribution in [0.4, 0.5) is 0 Å². The molecule has 1 atom stereocenters. The number of amides is 1. The average molecular weight is 282 g/mol. The van der Waals surface area contributed by atoms with Gasteiger partial charge >= 0.3 is 0 Å². The van der Waals surface area contributed by atoms with Crippen LogP contribution in [0.5, 0.6) is 0 Å². The Balaban J connectivity index is 1.95. The topological polar surface area (TPSA) is 29.5 Å². The van der Waals surface area contributed by atoms with Crippen molar-refractivity contribution in [1.82, 2.24) is 4.90 Å². The Morgan fingerprint density at radius 2 is 2.26 bits per heavy atom. The normalized spacial score (nSPS) is 19.2. The van der Waals surface area contributed by atoms with Gasteiger partial charge in [-0.3, -0.25) is 4.79 Å². The van der Waals surface area contributed by atoms with E-state index in [0.717, 1.165) is 18.0 Å². The molecule has 2 rings (SSSR count). The molecule has 3 nitrogen and oxygen atoms in total. The van der Waals surface area contributed by atoms with Crippen LogP contribution in [0.1, 0.15) is 17.5 Å². The van der Waals surface area contributed by atoms with E-state index in [4.69, 9.17) is 16.3 Å². The van der Waals surface area contributed by atoms with E-state index in [0.29, 0.717) is 25.5 Å². The molecule has 0 N–H and O–H groups in total. The van der Waals surface area contributed by atoms with E-state index in [-0.39, 0.29) is 5.91 Å². The minimum atomic E-state index is 0.244. The van der Waals surface area contributed by atoms with Crippen LogP contribution >= 0.6 is 11.6 Å². The number of halogens is 1. The summed E-state index contributed by atoms with van der Waals surface area (Å²) in [5, 5.41) is 0.769. The van der Waals surface area contributed by atoms with Crippen molar-refractivity contribution in [1.29, 1.82) is 0 Å². The van der Waals surface area contributed by atoms with Crippen LogP contribution in [0.2, 0.25) is 5.02 Å².